The summed E-state index contributed by atoms with van der Waals surface area (Å²) in [6.45, 7) is 0.121. The lowest BCUT2D eigenvalue weighted by Gasteiger charge is -2.00. The Balaban J connectivity index is 2.03. The average molecular weight is 235 g/mol. The largest absolute Gasteiger partial charge is 0.497 e. The van der Waals surface area contributed by atoms with Gasteiger partial charge < -0.3 is 9.26 Å². The Morgan fingerprint density at radius 1 is 1.29 bits per heavy atom. The molecular weight excluding hydrogens is 222 g/mol. The second-order valence-corrected chi connectivity index (χ2v) is 3.44. The van der Waals surface area contributed by atoms with Gasteiger partial charge in [-0.3, -0.25) is 4.84 Å². The Hall–Kier alpha value is -1.92. The number of aromatic nitrogens is 2. The molecule has 17 heavy (non-hydrogen) atoms. The predicted molar refractivity (Wildman–Crippen MR) is 59.1 cm³/mol. The average Bonchev–Trinajstić information content (AvgIpc) is 2.78. The number of hydrogen-bond donors (Lipinski definition) is 1. The summed E-state index contributed by atoms with van der Waals surface area (Å²) in [6, 6.07) is 7.68. The van der Waals surface area contributed by atoms with Crippen LogP contribution in [0.1, 0.15) is 17.3 Å². The van der Waals surface area contributed by atoms with Crippen LogP contribution in [-0.4, -0.2) is 17.3 Å². The lowest BCUT2D eigenvalue weighted by molar-refractivity contribution is 0.0995. The summed E-state index contributed by atoms with van der Waals surface area (Å²) in [5, 5.41) is 3.82. The van der Waals surface area contributed by atoms with Crippen LogP contribution in [0.3, 0.4) is 0 Å². The monoisotopic (exact) mass is 235 g/mol. The van der Waals surface area contributed by atoms with Crippen molar-refractivity contribution in [1.29, 1.82) is 0 Å². The Kier molecular flexibility index (Phi) is 3.69. The SMILES string of the molecule is COc1ccc(Cc2noc(CON)n2)cc1. The number of hydrogen-bond acceptors (Lipinski definition) is 6. The lowest BCUT2D eigenvalue weighted by Crippen LogP contribution is -1.99. The molecule has 0 aliphatic rings. The molecule has 0 saturated heterocycles. The minimum Gasteiger partial charge on any atom is -0.497 e. The molecule has 0 aliphatic carbocycles. The Morgan fingerprint density at radius 2 is 2.06 bits per heavy atom. The molecule has 6 nitrogen and oxygen atoms in total. The van der Waals surface area contributed by atoms with E-state index < -0.39 is 0 Å². The second kappa shape index (κ2) is 5.42. The smallest absolute Gasteiger partial charge is 0.254 e. The van der Waals surface area contributed by atoms with E-state index >= 15 is 0 Å². The van der Waals surface area contributed by atoms with Crippen LogP contribution in [-0.2, 0) is 17.9 Å². The van der Waals surface area contributed by atoms with Crippen molar-refractivity contribution in [3.05, 3.63) is 41.5 Å². The molecule has 90 valence electrons. The van der Waals surface area contributed by atoms with Gasteiger partial charge in [0, 0.05) is 6.42 Å². The highest BCUT2D eigenvalue weighted by atomic mass is 16.6. The zero-order chi connectivity index (χ0) is 12.1. The van der Waals surface area contributed by atoms with E-state index in [4.69, 9.17) is 15.2 Å². The number of ether oxygens (including phenoxy) is 1. The van der Waals surface area contributed by atoms with Gasteiger partial charge in [-0.2, -0.15) is 4.98 Å². The maximum atomic E-state index is 5.08. The fourth-order valence-electron chi connectivity index (χ4n) is 1.42. The lowest BCUT2D eigenvalue weighted by atomic mass is 10.1. The van der Waals surface area contributed by atoms with Gasteiger partial charge in [0.05, 0.1) is 7.11 Å². The normalized spacial score (nSPS) is 10.5. The molecular formula is C11H13N3O3. The van der Waals surface area contributed by atoms with E-state index in [9.17, 15) is 0 Å². The van der Waals surface area contributed by atoms with Crippen LogP contribution in [0.4, 0.5) is 0 Å². The van der Waals surface area contributed by atoms with Crippen molar-refractivity contribution in [2.24, 2.45) is 5.90 Å². The number of benzene rings is 1. The third kappa shape index (κ3) is 3.02. The molecule has 0 fully saturated rings. The van der Waals surface area contributed by atoms with Gasteiger partial charge in [-0.25, -0.2) is 5.90 Å². The van der Waals surface area contributed by atoms with Gasteiger partial charge in [-0.05, 0) is 17.7 Å². The zero-order valence-electron chi connectivity index (χ0n) is 9.42. The molecule has 0 aliphatic heterocycles. The summed E-state index contributed by atoms with van der Waals surface area (Å²) in [5.41, 5.74) is 1.08. The quantitative estimate of drug-likeness (QED) is 0.780. The van der Waals surface area contributed by atoms with E-state index in [1.54, 1.807) is 7.11 Å². The summed E-state index contributed by atoms with van der Waals surface area (Å²) in [4.78, 5) is 8.53. The zero-order valence-corrected chi connectivity index (χ0v) is 9.42. The third-order valence-corrected chi connectivity index (χ3v) is 2.24. The summed E-state index contributed by atoms with van der Waals surface area (Å²) < 4.78 is 10.0. The minimum absolute atomic E-state index is 0.121. The second-order valence-electron chi connectivity index (χ2n) is 3.44. The number of methoxy groups -OCH3 is 1. The van der Waals surface area contributed by atoms with Crippen molar-refractivity contribution in [1.82, 2.24) is 10.1 Å². The Bertz CT molecular complexity index is 467. The molecule has 2 aromatic rings. The molecule has 0 saturated carbocycles. The van der Waals surface area contributed by atoms with Crippen LogP contribution in [0.5, 0.6) is 5.75 Å². The molecule has 0 amide bonds. The van der Waals surface area contributed by atoms with Crippen LogP contribution >= 0.6 is 0 Å². The number of rotatable bonds is 5. The highest BCUT2D eigenvalue weighted by Gasteiger charge is 2.06. The molecule has 0 atom stereocenters. The van der Waals surface area contributed by atoms with Crippen LogP contribution < -0.4 is 10.6 Å². The molecule has 0 bridgehead atoms. The van der Waals surface area contributed by atoms with Gasteiger partial charge in [0.2, 0.25) is 0 Å². The summed E-state index contributed by atoms with van der Waals surface area (Å²) >= 11 is 0. The highest BCUT2D eigenvalue weighted by molar-refractivity contribution is 5.28. The molecule has 0 unspecified atom stereocenters. The molecule has 2 rings (SSSR count). The van der Waals surface area contributed by atoms with Crippen molar-refractivity contribution in [3.63, 3.8) is 0 Å². The Labute approximate surface area is 98.3 Å². The minimum atomic E-state index is 0.121. The van der Waals surface area contributed by atoms with Gasteiger partial charge in [0.25, 0.3) is 5.89 Å². The molecule has 2 N–H and O–H groups in total. The van der Waals surface area contributed by atoms with E-state index in [1.165, 1.54) is 0 Å². The van der Waals surface area contributed by atoms with E-state index in [0.29, 0.717) is 18.1 Å². The van der Waals surface area contributed by atoms with Gasteiger partial charge in [-0.1, -0.05) is 17.3 Å². The number of nitrogens with zero attached hydrogens (tertiary/aromatic N) is 2. The van der Waals surface area contributed by atoms with Crippen LogP contribution in [0.2, 0.25) is 0 Å². The molecule has 1 aromatic heterocycles. The van der Waals surface area contributed by atoms with Crippen LogP contribution in [0.15, 0.2) is 28.8 Å². The molecule has 1 aromatic carbocycles. The van der Waals surface area contributed by atoms with Crippen molar-refractivity contribution < 1.29 is 14.1 Å². The maximum Gasteiger partial charge on any atom is 0.254 e. The first-order chi connectivity index (χ1) is 8.31. The first-order valence-electron chi connectivity index (χ1n) is 5.08. The first kappa shape index (κ1) is 11.6. The highest BCUT2D eigenvalue weighted by Crippen LogP contribution is 2.13. The van der Waals surface area contributed by atoms with E-state index in [2.05, 4.69) is 15.0 Å². The topological polar surface area (TPSA) is 83.4 Å². The summed E-state index contributed by atoms with van der Waals surface area (Å²) in [5.74, 6) is 6.70. The molecule has 6 heteroatoms. The van der Waals surface area contributed by atoms with E-state index in [0.717, 1.165) is 11.3 Å². The molecule has 1 heterocycles. The van der Waals surface area contributed by atoms with Crippen molar-refractivity contribution in [3.8, 4) is 5.75 Å². The van der Waals surface area contributed by atoms with Crippen molar-refractivity contribution in [2.45, 2.75) is 13.0 Å². The van der Waals surface area contributed by atoms with Gasteiger partial charge in [0.1, 0.15) is 12.4 Å². The third-order valence-electron chi connectivity index (χ3n) is 2.24. The van der Waals surface area contributed by atoms with Crippen molar-refractivity contribution >= 4 is 0 Å². The van der Waals surface area contributed by atoms with Gasteiger partial charge >= 0.3 is 0 Å². The first-order valence-corrected chi connectivity index (χ1v) is 5.08. The van der Waals surface area contributed by atoms with Gasteiger partial charge in [0.15, 0.2) is 5.82 Å². The van der Waals surface area contributed by atoms with E-state index in [-0.39, 0.29) is 6.61 Å². The fourth-order valence-corrected chi connectivity index (χ4v) is 1.42. The molecule has 0 radical (unpaired) electrons. The predicted octanol–water partition coefficient (Wildman–Crippen LogP) is 1.06. The number of nitrogens with two attached hydrogens (primary N) is 1. The van der Waals surface area contributed by atoms with Crippen molar-refractivity contribution in [2.75, 3.05) is 7.11 Å². The fraction of sp³-hybridized carbons (Fsp3) is 0.273. The molecule has 0 spiro atoms. The summed E-state index contributed by atoms with van der Waals surface area (Å²) in [6.07, 6.45) is 0.595. The van der Waals surface area contributed by atoms with Gasteiger partial charge in [-0.15, -0.1) is 0 Å². The van der Waals surface area contributed by atoms with E-state index in [1.807, 2.05) is 24.3 Å². The van der Waals surface area contributed by atoms with Crippen LogP contribution in [0.25, 0.3) is 0 Å². The summed E-state index contributed by atoms with van der Waals surface area (Å²) in [7, 11) is 1.63. The Morgan fingerprint density at radius 3 is 2.71 bits per heavy atom. The van der Waals surface area contributed by atoms with Crippen LogP contribution in [0, 0.1) is 0 Å². The maximum absolute atomic E-state index is 5.08. The standard InChI is InChI=1S/C11H13N3O3/c1-15-9-4-2-8(3-5-9)6-10-13-11(7-16-12)17-14-10/h2-5H,6-7,12H2,1H3.